The van der Waals surface area contributed by atoms with E-state index >= 15 is 0 Å². The van der Waals surface area contributed by atoms with Crippen molar-refractivity contribution in [3.05, 3.63) is 35.4 Å². The molecule has 1 heterocycles. The molecule has 1 fully saturated rings. The normalized spacial score (nSPS) is 23.3. The van der Waals surface area contributed by atoms with Gasteiger partial charge in [-0.25, -0.2) is 0 Å². The van der Waals surface area contributed by atoms with Crippen molar-refractivity contribution in [3.63, 3.8) is 0 Å². The summed E-state index contributed by atoms with van der Waals surface area (Å²) in [6.45, 7) is 6.61. The minimum Gasteiger partial charge on any atom is -0.348 e. The van der Waals surface area contributed by atoms with Crippen LogP contribution in [-0.2, 0) is 20.7 Å². The number of ether oxygens (including phenoxy) is 2. The Morgan fingerprint density at radius 1 is 1.42 bits per heavy atom. The molecule has 1 aliphatic heterocycles. The van der Waals surface area contributed by atoms with Gasteiger partial charge in [-0.15, -0.1) is 12.6 Å². The lowest BCUT2D eigenvalue weighted by Gasteiger charge is -2.21. The van der Waals surface area contributed by atoms with Gasteiger partial charge in [0.1, 0.15) is 0 Å². The van der Waals surface area contributed by atoms with Gasteiger partial charge in [0.05, 0.1) is 12.7 Å². The average molecular weight is 280 g/mol. The number of hydrogen-bond donors (Lipinski definition) is 1. The zero-order chi connectivity index (χ0) is 14.0. The van der Waals surface area contributed by atoms with Gasteiger partial charge in [-0.05, 0) is 25.0 Å². The second kappa shape index (κ2) is 5.65. The van der Waals surface area contributed by atoms with Gasteiger partial charge in [0.2, 0.25) is 0 Å². The largest absolute Gasteiger partial charge is 0.348 e. The van der Waals surface area contributed by atoms with Gasteiger partial charge in [0, 0.05) is 12.3 Å². The third kappa shape index (κ3) is 3.81. The van der Waals surface area contributed by atoms with E-state index in [0.717, 1.165) is 5.56 Å². The third-order valence-electron chi connectivity index (χ3n) is 3.45. The highest BCUT2D eigenvalue weighted by atomic mass is 32.1. The van der Waals surface area contributed by atoms with Crippen LogP contribution in [0.15, 0.2) is 24.3 Å². The molecule has 1 saturated heterocycles. The number of hydrogen-bond acceptors (Lipinski definition) is 3. The lowest BCUT2D eigenvalue weighted by Crippen LogP contribution is -2.24. The predicted molar refractivity (Wildman–Crippen MR) is 77.5 cm³/mol. The number of rotatable bonds is 4. The van der Waals surface area contributed by atoms with E-state index in [9.17, 15) is 4.79 Å². The first-order chi connectivity index (χ1) is 8.87. The standard InChI is InChI=1S/C15H20O3S/c1-10(13-9-17-15(2,3)18-13)12-6-4-11(5-7-12)8-14(16)19/h4-7,10,13H,8-9H2,1-3H3,(H,16,19). The van der Waals surface area contributed by atoms with E-state index < -0.39 is 5.79 Å². The van der Waals surface area contributed by atoms with Crippen LogP contribution in [0.2, 0.25) is 0 Å². The van der Waals surface area contributed by atoms with E-state index in [-0.39, 0.29) is 17.1 Å². The molecular weight excluding hydrogens is 260 g/mol. The Kier molecular flexibility index (Phi) is 4.33. The molecule has 2 rings (SSSR count). The summed E-state index contributed by atoms with van der Waals surface area (Å²) in [5, 5.41) is -0.116. The van der Waals surface area contributed by atoms with Crippen molar-refractivity contribution in [1.29, 1.82) is 0 Å². The molecule has 0 amide bonds. The Balaban J connectivity index is 2.03. The first-order valence-electron chi connectivity index (χ1n) is 6.50. The van der Waals surface area contributed by atoms with Crippen LogP contribution in [0.4, 0.5) is 0 Å². The highest BCUT2D eigenvalue weighted by molar-refractivity contribution is 7.96. The van der Waals surface area contributed by atoms with Crippen LogP contribution in [0, 0.1) is 0 Å². The van der Waals surface area contributed by atoms with E-state index in [0.29, 0.717) is 13.0 Å². The van der Waals surface area contributed by atoms with Crippen molar-refractivity contribution in [2.75, 3.05) is 6.61 Å². The maximum Gasteiger partial charge on any atom is 0.190 e. The fourth-order valence-electron chi connectivity index (χ4n) is 2.29. The summed E-state index contributed by atoms with van der Waals surface area (Å²) in [6.07, 6.45) is 0.445. The van der Waals surface area contributed by atoms with Crippen molar-refractivity contribution in [1.82, 2.24) is 0 Å². The topological polar surface area (TPSA) is 35.5 Å². The molecule has 19 heavy (non-hydrogen) atoms. The van der Waals surface area contributed by atoms with Gasteiger partial charge < -0.3 is 9.47 Å². The van der Waals surface area contributed by atoms with Crippen molar-refractivity contribution >= 4 is 17.7 Å². The minimum absolute atomic E-state index is 0.0763. The highest BCUT2D eigenvalue weighted by Crippen LogP contribution is 2.31. The summed E-state index contributed by atoms with van der Waals surface area (Å²) in [6, 6.07) is 8.04. The van der Waals surface area contributed by atoms with E-state index in [4.69, 9.17) is 9.47 Å². The molecule has 0 N–H and O–H groups in total. The number of benzene rings is 1. The van der Waals surface area contributed by atoms with Crippen molar-refractivity contribution < 1.29 is 14.3 Å². The molecule has 0 spiro atoms. The van der Waals surface area contributed by atoms with Crippen LogP contribution in [0.1, 0.15) is 37.8 Å². The fourth-order valence-corrected chi connectivity index (χ4v) is 2.47. The van der Waals surface area contributed by atoms with Gasteiger partial charge >= 0.3 is 0 Å². The predicted octanol–water partition coefficient (Wildman–Crippen LogP) is 2.94. The maximum absolute atomic E-state index is 10.9. The Hall–Kier alpha value is -0.840. The third-order valence-corrected chi connectivity index (χ3v) is 3.61. The van der Waals surface area contributed by atoms with Gasteiger partial charge in [-0.2, -0.15) is 0 Å². The van der Waals surface area contributed by atoms with E-state index in [2.05, 4.69) is 19.6 Å². The molecule has 0 saturated carbocycles. The SMILES string of the molecule is CC(c1ccc(CC(=O)S)cc1)C1COC(C)(C)O1. The zero-order valence-corrected chi connectivity index (χ0v) is 12.4. The maximum atomic E-state index is 10.9. The van der Waals surface area contributed by atoms with Crippen molar-refractivity contribution in [2.45, 2.75) is 45.0 Å². The number of carbonyl (C=O) groups excluding carboxylic acids is 1. The summed E-state index contributed by atoms with van der Waals surface area (Å²) in [4.78, 5) is 10.9. The van der Waals surface area contributed by atoms with Gasteiger partial charge in [0.25, 0.3) is 0 Å². The second-order valence-corrected chi connectivity index (χ2v) is 5.97. The molecule has 0 aromatic heterocycles. The molecule has 1 aliphatic rings. The van der Waals surface area contributed by atoms with Crippen LogP contribution >= 0.6 is 12.6 Å². The summed E-state index contributed by atoms with van der Waals surface area (Å²) in [5.41, 5.74) is 2.18. The molecule has 0 radical (unpaired) electrons. The van der Waals surface area contributed by atoms with Crippen molar-refractivity contribution in [3.8, 4) is 0 Å². The van der Waals surface area contributed by atoms with Crippen LogP contribution in [0.3, 0.4) is 0 Å². The molecule has 4 heteroatoms. The summed E-state index contributed by atoms with van der Waals surface area (Å²) < 4.78 is 11.5. The molecule has 0 bridgehead atoms. The lowest BCUT2D eigenvalue weighted by molar-refractivity contribution is -0.140. The van der Waals surface area contributed by atoms with E-state index in [1.807, 2.05) is 38.1 Å². The molecule has 2 unspecified atom stereocenters. The first-order valence-corrected chi connectivity index (χ1v) is 6.94. The second-order valence-electron chi connectivity index (χ2n) is 5.47. The quantitative estimate of drug-likeness (QED) is 0.861. The Morgan fingerprint density at radius 3 is 2.53 bits per heavy atom. The summed E-state index contributed by atoms with van der Waals surface area (Å²) in [7, 11) is 0. The van der Waals surface area contributed by atoms with Gasteiger partial charge in [-0.1, -0.05) is 31.2 Å². The van der Waals surface area contributed by atoms with Gasteiger partial charge in [-0.3, -0.25) is 4.79 Å². The van der Waals surface area contributed by atoms with Crippen LogP contribution < -0.4 is 0 Å². The average Bonchev–Trinajstić information content (AvgIpc) is 2.69. The van der Waals surface area contributed by atoms with Crippen LogP contribution in [0.25, 0.3) is 0 Å². The Labute approximate surface area is 119 Å². The lowest BCUT2D eigenvalue weighted by atomic mass is 9.94. The van der Waals surface area contributed by atoms with Crippen LogP contribution in [-0.4, -0.2) is 23.6 Å². The van der Waals surface area contributed by atoms with E-state index in [1.165, 1.54) is 5.56 Å². The smallest absolute Gasteiger partial charge is 0.190 e. The Morgan fingerprint density at radius 2 is 2.05 bits per heavy atom. The van der Waals surface area contributed by atoms with Crippen LogP contribution in [0.5, 0.6) is 0 Å². The number of carbonyl (C=O) groups is 1. The summed E-state index contributed by atoms with van der Waals surface area (Å²) in [5.74, 6) is -0.223. The first kappa shape index (κ1) is 14.6. The molecule has 104 valence electrons. The minimum atomic E-state index is -0.489. The molecule has 1 aromatic rings. The van der Waals surface area contributed by atoms with Crippen molar-refractivity contribution in [2.24, 2.45) is 0 Å². The molecule has 3 nitrogen and oxygen atoms in total. The number of thiol groups is 1. The molecule has 2 atom stereocenters. The molecular formula is C15H20O3S. The highest BCUT2D eigenvalue weighted by Gasteiger charge is 2.36. The zero-order valence-electron chi connectivity index (χ0n) is 11.6. The molecule has 0 aliphatic carbocycles. The molecule has 1 aromatic carbocycles. The Bertz CT molecular complexity index is 453. The summed E-state index contributed by atoms with van der Waals surface area (Å²) >= 11 is 3.79. The monoisotopic (exact) mass is 280 g/mol. The van der Waals surface area contributed by atoms with E-state index in [1.54, 1.807) is 0 Å². The fraction of sp³-hybridized carbons (Fsp3) is 0.533. The van der Waals surface area contributed by atoms with Gasteiger partial charge in [0.15, 0.2) is 10.9 Å².